The zero-order valence-electron chi connectivity index (χ0n) is 10.0. The van der Waals surface area contributed by atoms with Crippen molar-refractivity contribution in [1.29, 1.82) is 0 Å². The topological polar surface area (TPSA) is 40.6 Å². The molecule has 0 saturated carbocycles. The summed E-state index contributed by atoms with van der Waals surface area (Å²) >= 11 is 3.41. The van der Waals surface area contributed by atoms with E-state index >= 15 is 0 Å². The molecule has 1 saturated heterocycles. The number of hydrogen-bond acceptors (Lipinski definition) is 3. The minimum atomic E-state index is -3.00. The number of alkyl halides is 1. The van der Waals surface area contributed by atoms with Crippen LogP contribution < -0.4 is 0 Å². The Balaban J connectivity index is 2.45. The quantitative estimate of drug-likeness (QED) is 0.711. The van der Waals surface area contributed by atoms with Gasteiger partial charge in [-0.3, -0.25) is 0 Å². The van der Waals surface area contributed by atoms with E-state index in [0.717, 1.165) is 31.3 Å². The van der Waals surface area contributed by atoms with Crippen LogP contribution >= 0.6 is 15.9 Å². The van der Waals surface area contributed by atoms with Crippen LogP contribution in [0.1, 0.15) is 12.8 Å². The van der Waals surface area contributed by atoms with Crippen LogP contribution in [0.25, 0.3) is 0 Å². The molecular formula is C10H21BrN2O2S. The molecule has 0 aromatic carbocycles. The normalized spacial score (nSPS) is 23.9. The molecule has 4 nitrogen and oxygen atoms in total. The standard InChI is InChI=1S/C10H21BrN2O2S/c1-12(7-5-11)8-10-4-3-6-13(9-10)16(2,14)15/h10H,3-9H2,1-2H3. The Morgan fingerprint density at radius 1 is 1.50 bits per heavy atom. The fourth-order valence-corrected chi connectivity index (χ4v) is 3.70. The summed E-state index contributed by atoms with van der Waals surface area (Å²) in [5.74, 6) is 0.479. The molecule has 16 heavy (non-hydrogen) atoms. The molecule has 1 atom stereocenters. The lowest BCUT2D eigenvalue weighted by Gasteiger charge is -2.33. The van der Waals surface area contributed by atoms with Crippen molar-refractivity contribution in [1.82, 2.24) is 9.21 Å². The predicted octanol–water partition coefficient (Wildman–Crippen LogP) is 0.985. The fraction of sp³-hybridized carbons (Fsp3) is 1.00. The molecule has 0 N–H and O–H groups in total. The largest absolute Gasteiger partial charge is 0.305 e. The van der Waals surface area contributed by atoms with Gasteiger partial charge >= 0.3 is 0 Å². The second kappa shape index (κ2) is 6.33. The van der Waals surface area contributed by atoms with E-state index in [1.165, 1.54) is 6.26 Å². The maximum Gasteiger partial charge on any atom is 0.211 e. The predicted molar refractivity (Wildman–Crippen MR) is 70.4 cm³/mol. The summed E-state index contributed by atoms with van der Waals surface area (Å²) in [5, 5.41) is 0.964. The monoisotopic (exact) mass is 312 g/mol. The van der Waals surface area contributed by atoms with Gasteiger partial charge in [0.25, 0.3) is 0 Å². The van der Waals surface area contributed by atoms with Crippen molar-refractivity contribution in [2.45, 2.75) is 12.8 Å². The molecule has 1 unspecified atom stereocenters. The van der Waals surface area contributed by atoms with Crippen LogP contribution in [0.3, 0.4) is 0 Å². The Kier molecular flexibility index (Phi) is 5.70. The van der Waals surface area contributed by atoms with Crippen molar-refractivity contribution in [3.63, 3.8) is 0 Å². The van der Waals surface area contributed by atoms with E-state index in [-0.39, 0.29) is 0 Å². The number of piperidine rings is 1. The van der Waals surface area contributed by atoms with E-state index < -0.39 is 10.0 Å². The van der Waals surface area contributed by atoms with E-state index in [0.29, 0.717) is 19.0 Å². The zero-order valence-corrected chi connectivity index (χ0v) is 12.4. The molecule has 0 spiro atoms. The van der Waals surface area contributed by atoms with Gasteiger partial charge < -0.3 is 4.90 Å². The van der Waals surface area contributed by atoms with Gasteiger partial charge in [0.15, 0.2) is 0 Å². The molecule has 1 fully saturated rings. The summed E-state index contributed by atoms with van der Waals surface area (Å²) in [5.41, 5.74) is 0. The van der Waals surface area contributed by atoms with Crippen molar-refractivity contribution in [2.75, 3.05) is 44.8 Å². The van der Waals surface area contributed by atoms with Crippen molar-refractivity contribution >= 4 is 26.0 Å². The number of sulfonamides is 1. The van der Waals surface area contributed by atoms with Gasteiger partial charge in [-0.05, 0) is 25.8 Å². The lowest BCUT2D eigenvalue weighted by molar-refractivity contribution is 0.206. The molecule has 0 bridgehead atoms. The van der Waals surface area contributed by atoms with E-state index in [2.05, 4.69) is 27.9 Å². The zero-order chi connectivity index (χ0) is 12.2. The highest BCUT2D eigenvalue weighted by Crippen LogP contribution is 2.19. The van der Waals surface area contributed by atoms with Crippen LogP contribution in [-0.2, 0) is 10.0 Å². The first-order valence-electron chi connectivity index (χ1n) is 5.63. The highest BCUT2D eigenvalue weighted by atomic mass is 79.9. The van der Waals surface area contributed by atoms with Crippen LogP contribution in [-0.4, -0.2) is 62.4 Å². The smallest absolute Gasteiger partial charge is 0.211 e. The third-order valence-electron chi connectivity index (χ3n) is 2.99. The third-order valence-corrected chi connectivity index (χ3v) is 4.61. The summed E-state index contributed by atoms with van der Waals surface area (Å²) in [7, 11) is -0.917. The van der Waals surface area contributed by atoms with Crippen molar-refractivity contribution in [3.05, 3.63) is 0 Å². The summed E-state index contributed by atoms with van der Waals surface area (Å²) < 4.78 is 24.5. The van der Waals surface area contributed by atoms with Gasteiger partial charge in [-0.1, -0.05) is 15.9 Å². The van der Waals surface area contributed by atoms with E-state index in [4.69, 9.17) is 0 Å². The van der Waals surface area contributed by atoms with E-state index in [1.54, 1.807) is 4.31 Å². The number of halogens is 1. The first-order valence-corrected chi connectivity index (χ1v) is 8.60. The molecule has 1 heterocycles. The van der Waals surface area contributed by atoms with Crippen LogP contribution in [0.5, 0.6) is 0 Å². The summed E-state index contributed by atoms with van der Waals surface area (Å²) in [6.07, 6.45) is 3.43. The second-order valence-corrected chi connectivity index (χ2v) is 7.36. The SMILES string of the molecule is CN(CCBr)CC1CCCN(S(C)(=O)=O)C1. The molecule has 0 radical (unpaired) electrons. The molecule has 1 aliphatic heterocycles. The molecule has 0 amide bonds. The Morgan fingerprint density at radius 3 is 2.75 bits per heavy atom. The van der Waals surface area contributed by atoms with Crippen molar-refractivity contribution in [2.24, 2.45) is 5.92 Å². The van der Waals surface area contributed by atoms with Gasteiger partial charge in [-0.25, -0.2) is 12.7 Å². The van der Waals surface area contributed by atoms with E-state index in [1.807, 2.05) is 0 Å². The Bertz CT molecular complexity index is 308. The minimum absolute atomic E-state index is 0.479. The Labute approximate surface area is 107 Å². The highest BCUT2D eigenvalue weighted by molar-refractivity contribution is 9.09. The average molecular weight is 313 g/mol. The molecule has 0 aromatic rings. The number of hydrogen-bond donors (Lipinski definition) is 0. The third kappa shape index (κ3) is 4.69. The van der Waals surface area contributed by atoms with Gasteiger partial charge in [-0.2, -0.15) is 0 Å². The first kappa shape index (κ1) is 14.4. The minimum Gasteiger partial charge on any atom is -0.305 e. The van der Waals surface area contributed by atoms with Crippen molar-refractivity contribution in [3.8, 4) is 0 Å². The Hall–Kier alpha value is 0.350. The second-order valence-electron chi connectivity index (χ2n) is 4.58. The molecule has 6 heteroatoms. The van der Waals surface area contributed by atoms with Gasteiger partial charge in [-0.15, -0.1) is 0 Å². The number of rotatable bonds is 5. The first-order chi connectivity index (χ1) is 7.43. The lowest BCUT2D eigenvalue weighted by atomic mass is 9.99. The lowest BCUT2D eigenvalue weighted by Crippen LogP contribution is -2.42. The van der Waals surface area contributed by atoms with Crippen LogP contribution in [0, 0.1) is 5.92 Å². The summed E-state index contributed by atoms with van der Waals surface area (Å²) in [6, 6.07) is 0. The molecule has 0 aromatic heterocycles. The van der Waals surface area contributed by atoms with Crippen LogP contribution in [0.4, 0.5) is 0 Å². The molecule has 1 aliphatic rings. The maximum atomic E-state index is 11.4. The van der Waals surface area contributed by atoms with Crippen molar-refractivity contribution < 1.29 is 8.42 Å². The average Bonchev–Trinajstić information content (AvgIpc) is 2.17. The number of nitrogens with zero attached hydrogens (tertiary/aromatic N) is 2. The van der Waals surface area contributed by atoms with Crippen LogP contribution in [0.2, 0.25) is 0 Å². The maximum absolute atomic E-state index is 11.4. The van der Waals surface area contributed by atoms with Gasteiger partial charge in [0.2, 0.25) is 10.0 Å². The van der Waals surface area contributed by atoms with Gasteiger partial charge in [0.1, 0.15) is 0 Å². The van der Waals surface area contributed by atoms with E-state index in [9.17, 15) is 8.42 Å². The Morgan fingerprint density at radius 2 is 2.19 bits per heavy atom. The summed E-state index contributed by atoms with van der Waals surface area (Å²) in [6.45, 7) is 3.37. The molecule has 1 rings (SSSR count). The molecule has 0 aliphatic carbocycles. The fourth-order valence-electron chi connectivity index (χ4n) is 2.15. The molecular weight excluding hydrogens is 292 g/mol. The summed E-state index contributed by atoms with van der Waals surface area (Å²) in [4.78, 5) is 2.26. The molecule has 96 valence electrons. The van der Waals surface area contributed by atoms with Crippen LogP contribution in [0.15, 0.2) is 0 Å². The van der Waals surface area contributed by atoms with Gasteiger partial charge in [0.05, 0.1) is 6.26 Å². The highest BCUT2D eigenvalue weighted by Gasteiger charge is 2.26. The van der Waals surface area contributed by atoms with Gasteiger partial charge in [0, 0.05) is 31.5 Å².